The molecule has 2 aliphatic rings. The molecule has 1 aliphatic heterocycles. The van der Waals surface area contributed by atoms with Crippen LogP contribution in [0.15, 0.2) is 35.7 Å². The highest BCUT2D eigenvalue weighted by atomic mass is 16.5. The zero-order chi connectivity index (χ0) is 21.4. The number of hydrogen-bond acceptors (Lipinski definition) is 6. The molecule has 1 unspecified atom stereocenters. The number of hydrogen-bond donors (Lipinski definition) is 2. The van der Waals surface area contributed by atoms with E-state index < -0.39 is 11.8 Å². The molecule has 4 rings (SSSR count). The maximum Gasteiger partial charge on any atom is 0.247 e. The molecule has 3 N–H and O–H groups in total. The zero-order valence-electron chi connectivity index (χ0n) is 17.3. The maximum atomic E-state index is 12.5. The van der Waals surface area contributed by atoms with Crippen LogP contribution in [0.3, 0.4) is 0 Å². The minimum atomic E-state index is -0.531. The molecule has 1 saturated carbocycles. The smallest absolute Gasteiger partial charge is 0.247 e. The van der Waals surface area contributed by atoms with Crippen LogP contribution in [0.1, 0.15) is 47.9 Å². The summed E-state index contributed by atoms with van der Waals surface area (Å²) in [6.07, 6.45) is 4.08. The first-order valence-electron chi connectivity index (χ1n) is 9.92. The summed E-state index contributed by atoms with van der Waals surface area (Å²) >= 11 is 0. The number of pyridine rings is 1. The van der Waals surface area contributed by atoms with E-state index >= 15 is 0 Å². The van der Waals surface area contributed by atoms with Gasteiger partial charge in [-0.25, -0.2) is 4.98 Å². The number of amides is 1. The van der Waals surface area contributed by atoms with Gasteiger partial charge in [-0.1, -0.05) is 6.07 Å². The first-order valence-corrected chi connectivity index (χ1v) is 9.92. The van der Waals surface area contributed by atoms with Crippen LogP contribution in [0.5, 0.6) is 11.6 Å². The van der Waals surface area contributed by atoms with E-state index in [0.29, 0.717) is 41.0 Å². The second kappa shape index (κ2) is 7.71. The summed E-state index contributed by atoms with van der Waals surface area (Å²) in [6, 6.07) is 7.30. The molecular formula is C23H24N4O3. The van der Waals surface area contributed by atoms with E-state index in [1.165, 1.54) is 0 Å². The molecule has 1 aromatic carbocycles. The van der Waals surface area contributed by atoms with Crippen molar-refractivity contribution >= 4 is 11.6 Å². The minimum Gasteiger partial charge on any atom is -0.496 e. The number of fused-ring (bicyclic) bond motifs is 1. The highest BCUT2D eigenvalue weighted by Crippen LogP contribution is 2.49. The van der Waals surface area contributed by atoms with E-state index in [0.717, 1.165) is 35.2 Å². The van der Waals surface area contributed by atoms with Gasteiger partial charge in [0, 0.05) is 23.0 Å². The van der Waals surface area contributed by atoms with E-state index in [1.54, 1.807) is 31.5 Å². The Bertz CT molecular complexity index is 1100. The Hall–Kier alpha value is -3.53. The normalized spacial score (nSPS) is 17.6. The molecule has 7 heteroatoms. The molecule has 1 aliphatic carbocycles. The summed E-state index contributed by atoms with van der Waals surface area (Å²) in [6.45, 7) is 4.38. The Kier molecular flexibility index (Phi) is 5.08. The molecule has 7 nitrogen and oxygen atoms in total. The fourth-order valence-electron chi connectivity index (χ4n) is 3.91. The summed E-state index contributed by atoms with van der Waals surface area (Å²) in [5.41, 5.74) is 10.7. The average Bonchev–Trinajstić information content (AvgIpc) is 3.56. The number of methoxy groups -OCH3 is 1. The number of nitriles is 1. The van der Waals surface area contributed by atoms with Crippen LogP contribution in [-0.4, -0.2) is 24.6 Å². The van der Waals surface area contributed by atoms with Crippen molar-refractivity contribution in [3.63, 3.8) is 0 Å². The lowest BCUT2D eigenvalue weighted by molar-refractivity contribution is -0.114. The number of allylic oxidation sites excluding steroid dienone is 1. The topological polar surface area (TPSA) is 110 Å². The number of anilines is 1. The van der Waals surface area contributed by atoms with Crippen molar-refractivity contribution in [1.82, 2.24) is 4.98 Å². The van der Waals surface area contributed by atoms with Crippen molar-refractivity contribution in [2.45, 2.75) is 32.6 Å². The number of nitrogens with two attached hydrogens (primary N) is 1. The Morgan fingerprint density at radius 2 is 2.13 bits per heavy atom. The summed E-state index contributed by atoms with van der Waals surface area (Å²) < 4.78 is 11.7. The number of carbonyl (C=O) groups is 1. The second-order valence-electron chi connectivity index (χ2n) is 7.82. The third kappa shape index (κ3) is 3.45. The minimum absolute atomic E-state index is 0.425. The van der Waals surface area contributed by atoms with Crippen LogP contribution in [0, 0.1) is 24.2 Å². The van der Waals surface area contributed by atoms with Crippen molar-refractivity contribution in [2.24, 2.45) is 11.7 Å². The lowest BCUT2D eigenvalue weighted by atomic mass is 9.79. The van der Waals surface area contributed by atoms with E-state index in [4.69, 9.17) is 15.2 Å². The molecule has 1 aromatic heterocycles. The number of ether oxygens (including phenoxy) is 2. The number of nitrogens with zero attached hydrogens (tertiary/aromatic N) is 2. The first-order chi connectivity index (χ1) is 14.4. The SMILES string of the molecule is COc1cc(C#N)ccc1C1C(C(N)=O)=C(C)Nc2c(C)cnc(OCC3CC3)c21. The van der Waals surface area contributed by atoms with Gasteiger partial charge in [0.15, 0.2) is 0 Å². The van der Waals surface area contributed by atoms with Crippen LogP contribution in [0.4, 0.5) is 5.69 Å². The number of rotatable bonds is 6. The number of carbonyl (C=O) groups excluding carboxylic acids is 1. The molecule has 2 heterocycles. The molecule has 154 valence electrons. The van der Waals surface area contributed by atoms with Gasteiger partial charge in [-0.15, -0.1) is 0 Å². The van der Waals surface area contributed by atoms with Crippen LogP contribution >= 0.6 is 0 Å². The van der Waals surface area contributed by atoms with Gasteiger partial charge in [0.05, 0.1) is 42.5 Å². The van der Waals surface area contributed by atoms with Crippen molar-refractivity contribution in [1.29, 1.82) is 5.26 Å². The largest absolute Gasteiger partial charge is 0.496 e. The Balaban J connectivity index is 1.95. The van der Waals surface area contributed by atoms with Gasteiger partial charge in [0.25, 0.3) is 0 Å². The highest BCUT2D eigenvalue weighted by Gasteiger charge is 2.37. The summed E-state index contributed by atoms with van der Waals surface area (Å²) in [4.78, 5) is 17.1. The lowest BCUT2D eigenvalue weighted by Gasteiger charge is -2.32. The Morgan fingerprint density at radius 1 is 1.37 bits per heavy atom. The predicted octanol–water partition coefficient (Wildman–Crippen LogP) is 3.38. The lowest BCUT2D eigenvalue weighted by Crippen LogP contribution is -2.28. The molecule has 1 amide bonds. The van der Waals surface area contributed by atoms with Gasteiger partial charge < -0.3 is 20.5 Å². The van der Waals surface area contributed by atoms with Crippen LogP contribution in [0.2, 0.25) is 0 Å². The average molecular weight is 404 g/mol. The number of nitrogens with one attached hydrogen (secondary N) is 1. The van der Waals surface area contributed by atoms with Gasteiger partial charge in [0.1, 0.15) is 5.75 Å². The van der Waals surface area contributed by atoms with Gasteiger partial charge in [-0.05, 0) is 50.3 Å². The van der Waals surface area contributed by atoms with Crippen molar-refractivity contribution in [3.8, 4) is 17.7 Å². The van der Waals surface area contributed by atoms with Crippen LogP contribution in [-0.2, 0) is 4.79 Å². The third-order valence-electron chi connectivity index (χ3n) is 5.66. The molecule has 0 spiro atoms. The number of primary amides is 1. The summed E-state index contributed by atoms with van der Waals surface area (Å²) in [7, 11) is 1.54. The number of aromatic nitrogens is 1. The van der Waals surface area contributed by atoms with Gasteiger partial charge in [0.2, 0.25) is 11.8 Å². The van der Waals surface area contributed by atoms with E-state index in [9.17, 15) is 10.1 Å². The predicted molar refractivity (Wildman–Crippen MR) is 112 cm³/mol. The van der Waals surface area contributed by atoms with Crippen LogP contribution in [0.25, 0.3) is 0 Å². The summed E-state index contributed by atoms with van der Waals surface area (Å²) in [5.74, 6) is 0.488. The maximum absolute atomic E-state index is 12.5. The fraction of sp³-hybridized carbons (Fsp3) is 0.348. The standard InChI is InChI=1S/C23H24N4O3/c1-12-10-26-23(30-11-14-4-5-14)20-19(18(22(25)28)13(2)27-21(12)20)16-7-6-15(9-24)8-17(16)29-3/h6-8,10,14,19,27H,4-5,11H2,1-3H3,(H2,25,28). The molecule has 0 bridgehead atoms. The number of aryl methyl sites for hydroxylation is 1. The fourth-order valence-corrected chi connectivity index (χ4v) is 3.91. The quantitative estimate of drug-likeness (QED) is 0.764. The third-order valence-corrected chi connectivity index (χ3v) is 5.66. The zero-order valence-corrected chi connectivity index (χ0v) is 17.3. The van der Waals surface area contributed by atoms with E-state index in [1.807, 2.05) is 13.8 Å². The molecule has 1 atom stereocenters. The van der Waals surface area contributed by atoms with Gasteiger partial charge >= 0.3 is 0 Å². The highest BCUT2D eigenvalue weighted by molar-refractivity contribution is 5.98. The molecule has 1 fully saturated rings. The second-order valence-corrected chi connectivity index (χ2v) is 7.82. The van der Waals surface area contributed by atoms with Crippen molar-refractivity contribution < 1.29 is 14.3 Å². The van der Waals surface area contributed by atoms with Crippen molar-refractivity contribution in [3.05, 3.63) is 57.9 Å². The van der Waals surface area contributed by atoms with Crippen LogP contribution < -0.4 is 20.5 Å². The van der Waals surface area contributed by atoms with Gasteiger partial charge in [-0.2, -0.15) is 5.26 Å². The Labute approximate surface area is 175 Å². The number of benzene rings is 1. The summed E-state index contributed by atoms with van der Waals surface area (Å²) in [5, 5.41) is 12.6. The monoisotopic (exact) mass is 404 g/mol. The molecular weight excluding hydrogens is 380 g/mol. The molecule has 0 radical (unpaired) electrons. The van der Waals surface area contributed by atoms with E-state index in [2.05, 4.69) is 16.4 Å². The Morgan fingerprint density at radius 3 is 2.77 bits per heavy atom. The van der Waals surface area contributed by atoms with Gasteiger partial charge in [-0.3, -0.25) is 4.79 Å². The first kappa shape index (κ1) is 19.8. The molecule has 2 aromatic rings. The molecule has 30 heavy (non-hydrogen) atoms. The molecule has 0 saturated heterocycles. The van der Waals surface area contributed by atoms with Crippen molar-refractivity contribution in [2.75, 3.05) is 19.0 Å². The van der Waals surface area contributed by atoms with E-state index in [-0.39, 0.29) is 0 Å².